The fourth-order valence-corrected chi connectivity index (χ4v) is 2.15. The van der Waals surface area contributed by atoms with E-state index in [1.54, 1.807) is 11.3 Å². The number of methoxy groups -OCH3 is 1. The topological polar surface area (TPSA) is 29.5 Å². The van der Waals surface area contributed by atoms with Gasteiger partial charge >= 0.3 is 5.97 Å². The van der Waals surface area contributed by atoms with Gasteiger partial charge in [-0.3, -0.25) is 9.69 Å². The third kappa shape index (κ3) is 4.44. The van der Waals surface area contributed by atoms with Crippen molar-refractivity contribution >= 4 is 17.3 Å². The molecular formula is C11H17NO2S. The molecule has 0 radical (unpaired) electrons. The summed E-state index contributed by atoms with van der Waals surface area (Å²) >= 11 is 1.72. The van der Waals surface area contributed by atoms with Gasteiger partial charge in [0.05, 0.1) is 13.7 Å². The van der Waals surface area contributed by atoms with Crippen molar-refractivity contribution in [1.82, 2.24) is 4.90 Å². The molecule has 0 amide bonds. The number of hydrogen-bond donors (Lipinski definition) is 0. The first-order valence-corrected chi connectivity index (χ1v) is 5.95. The van der Waals surface area contributed by atoms with Crippen LogP contribution in [0.15, 0.2) is 17.5 Å². The molecule has 0 unspecified atom stereocenters. The molecule has 1 heterocycles. The minimum absolute atomic E-state index is 0.167. The summed E-state index contributed by atoms with van der Waals surface area (Å²) < 4.78 is 4.67. The molecule has 0 N–H and O–H groups in total. The van der Waals surface area contributed by atoms with Crippen molar-refractivity contribution in [3.05, 3.63) is 22.4 Å². The lowest BCUT2D eigenvalue weighted by atomic mass is 10.3. The summed E-state index contributed by atoms with van der Waals surface area (Å²) in [5.74, 6) is -0.167. The highest BCUT2D eigenvalue weighted by Gasteiger charge is 2.10. The second-order valence-electron chi connectivity index (χ2n) is 3.37. The summed E-state index contributed by atoms with van der Waals surface area (Å²) in [6, 6.07) is 4.12. The van der Waals surface area contributed by atoms with Crippen LogP contribution >= 0.6 is 11.3 Å². The van der Waals surface area contributed by atoms with Crippen molar-refractivity contribution in [3.63, 3.8) is 0 Å². The highest BCUT2D eigenvalue weighted by Crippen LogP contribution is 2.11. The first-order chi connectivity index (χ1) is 7.26. The van der Waals surface area contributed by atoms with Gasteiger partial charge in [-0.2, -0.15) is 0 Å². The van der Waals surface area contributed by atoms with Gasteiger partial charge in [-0.15, -0.1) is 11.3 Å². The zero-order valence-electron chi connectivity index (χ0n) is 9.23. The van der Waals surface area contributed by atoms with E-state index in [4.69, 9.17) is 0 Å². The van der Waals surface area contributed by atoms with Crippen LogP contribution in [0.25, 0.3) is 0 Å². The van der Waals surface area contributed by atoms with Crippen molar-refractivity contribution in [2.75, 3.05) is 20.2 Å². The van der Waals surface area contributed by atoms with E-state index >= 15 is 0 Å². The maximum Gasteiger partial charge on any atom is 0.319 e. The van der Waals surface area contributed by atoms with Crippen LogP contribution in [0.5, 0.6) is 0 Å². The van der Waals surface area contributed by atoms with Crippen LogP contribution in [0.3, 0.4) is 0 Å². The molecule has 0 atom stereocenters. The zero-order chi connectivity index (χ0) is 11.1. The summed E-state index contributed by atoms with van der Waals surface area (Å²) in [6.07, 6.45) is 1.04. The zero-order valence-corrected chi connectivity index (χ0v) is 10.0. The van der Waals surface area contributed by atoms with Crippen LogP contribution in [0, 0.1) is 0 Å². The summed E-state index contributed by atoms with van der Waals surface area (Å²) in [7, 11) is 1.43. The molecule has 1 aromatic heterocycles. The quantitative estimate of drug-likeness (QED) is 0.697. The molecule has 0 aromatic carbocycles. The van der Waals surface area contributed by atoms with Crippen LogP contribution in [0.4, 0.5) is 0 Å². The summed E-state index contributed by atoms with van der Waals surface area (Å²) in [4.78, 5) is 14.6. The van der Waals surface area contributed by atoms with Crippen molar-refractivity contribution in [1.29, 1.82) is 0 Å². The molecule has 0 saturated carbocycles. The van der Waals surface area contributed by atoms with E-state index < -0.39 is 0 Å². The van der Waals surface area contributed by atoms with Gasteiger partial charge in [-0.1, -0.05) is 13.0 Å². The van der Waals surface area contributed by atoms with E-state index in [1.165, 1.54) is 12.0 Å². The average Bonchev–Trinajstić information content (AvgIpc) is 2.70. The van der Waals surface area contributed by atoms with Crippen molar-refractivity contribution in [3.8, 4) is 0 Å². The number of nitrogens with zero attached hydrogens (tertiary/aromatic N) is 1. The maximum absolute atomic E-state index is 11.2. The Hall–Kier alpha value is -0.870. The Labute approximate surface area is 94.7 Å². The Morgan fingerprint density at radius 1 is 1.60 bits per heavy atom. The van der Waals surface area contributed by atoms with Gasteiger partial charge < -0.3 is 4.74 Å². The van der Waals surface area contributed by atoms with Crippen LogP contribution in [-0.2, 0) is 16.1 Å². The van der Waals surface area contributed by atoms with Crippen LogP contribution in [0.1, 0.15) is 18.2 Å². The lowest BCUT2D eigenvalue weighted by Crippen LogP contribution is -2.30. The molecule has 0 saturated heterocycles. The van der Waals surface area contributed by atoms with E-state index in [1.807, 2.05) is 6.07 Å². The Morgan fingerprint density at radius 2 is 2.40 bits per heavy atom. The molecule has 84 valence electrons. The molecule has 4 heteroatoms. The number of ether oxygens (including phenoxy) is 1. The first kappa shape index (κ1) is 12.2. The monoisotopic (exact) mass is 227 g/mol. The normalized spacial score (nSPS) is 10.6. The highest BCUT2D eigenvalue weighted by molar-refractivity contribution is 7.09. The molecule has 0 spiro atoms. The molecule has 1 rings (SSSR count). The molecule has 1 aromatic rings. The number of carbonyl (C=O) groups is 1. The molecule has 0 bridgehead atoms. The van der Waals surface area contributed by atoms with Gasteiger partial charge in [0.15, 0.2) is 0 Å². The largest absolute Gasteiger partial charge is 0.468 e. The summed E-state index contributed by atoms with van der Waals surface area (Å²) in [5.41, 5.74) is 0. The van der Waals surface area contributed by atoms with Gasteiger partial charge in [-0.05, 0) is 24.4 Å². The fraction of sp³-hybridized carbons (Fsp3) is 0.545. The van der Waals surface area contributed by atoms with Crippen molar-refractivity contribution in [2.45, 2.75) is 19.9 Å². The van der Waals surface area contributed by atoms with E-state index in [0.29, 0.717) is 6.54 Å². The molecule has 0 aliphatic rings. The fourth-order valence-electron chi connectivity index (χ4n) is 1.40. The summed E-state index contributed by atoms with van der Waals surface area (Å²) in [5, 5.41) is 2.05. The number of carbonyl (C=O) groups excluding carboxylic acids is 1. The Balaban J connectivity index is 2.46. The van der Waals surface area contributed by atoms with E-state index in [-0.39, 0.29) is 5.97 Å². The Kier molecular flexibility index (Phi) is 5.36. The first-order valence-electron chi connectivity index (χ1n) is 5.07. The number of rotatable bonds is 6. The Bertz CT molecular complexity index is 285. The lowest BCUT2D eigenvalue weighted by Gasteiger charge is -2.19. The second kappa shape index (κ2) is 6.58. The predicted octanol–water partition coefficient (Wildman–Crippen LogP) is 2.13. The third-order valence-electron chi connectivity index (χ3n) is 2.08. The molecule has 0 aliphatic heterocycles. The van der Waals surface area contributed by atoms with Gasteiger partial charge in [0, 0.05) is 11.4 Å². The Morgan fingerprint density at radius 3 is 2.93 bits per heavy atom. The van der Waals surface area contributed by atoms with E-state index in [9.17, 15) is 4.79 Å². The maximum atomic E-state index is 11.2. The lowest BCUT2D eigenvalue weighted by molar-refractivity contribution is -0.142. The number of thiophene rings is 1. The van der Waals surface area contributed by atoms with E-state index in [0.717, 1.165) is 19.5 Å². The predicted molar refractivity (Wildman–Crippen MR) is 61.9 cm³/mol. The molecule has 0 aliphatic carbocycles. The molecular weight excluding hydrogens is 210 g/mol. The van der Waals surface area contributed by atoms with Crippen molar-refractivity contribution in [2.24, 2.45) is 0 Å². The molecule has 3 nitrogen and oxygen atoms in total. The summed E-state index contributed by atoms with van der Waals surface area (Å²) in [6.45, 7) is 4.24. The molecule has 15 heavy (non-hydrogen) atoms. The smallest absolute Gasteiger partial charge is 0.319 e. The van der Waals surface area contributed by atoms with Crippen LogP contribution in [0.2, 0.25) is 0 Å². The average molecular weight is 227 g/mol. The van der Waals surface area contributed by atoms with Crippen LogP contribution < -0.4 is 0 Å². The van der Waals surface area contributed by atoms with Gasteiger partial charge in [0.1, 0.15) is 0 Å². The van der Waals surface area contributed by atoms with Crippen molar-refractivity contribution < 1.29 is 9.53 Å². The van der Waals surface area contributed by atoms with E-state index in [2.05, 4.69) is 28.0 Å². The minimum atomic E-state index is -0.167. The van der Waals surface area contributed by atoms with Gasteiger partial charge in [0.2, 0.25) is 0 Å². The minimum Gasteiger partial charge on any atom is -0.468 e. The number of esters is 1. The SMILES string of the molecule is CCCN(CC(=O)OC)Cc1cccs1. The standard InChI is InChI=1S/C11H17NO2S/c1-3-6-12(9-11(13)14-2)8-10-5-4-7-15-10/h4-5,7H,3,6,8-9H2,1-2H3. The van der Waals surface area contributed by atoms with Gasteiger partial charge in [0.25, 0.3) is 0 Å². The van der Waals surface area contributed by atoms with Crippen LogP contribution in [-0.4, -0.2) is 31.1 Å². The second-order valence-corrected chi connectivity index (χ2v) is 4.40. The number of hydrogen-bond acceptors (Lipinski definition) is 4. The van der Waals surface area contributed by atoms with Gasteiger partial charge in [-0.25, -0.2) is 0 Å². The third-order valence-corrected chi connectivity index (χ3v) is 2.94. The molecule has 0 fully saturated rings. The highest BCUT2D eigenvalue weighted by atomic mass is 32.1.